The first-order chi connectivity index (χ1) is 22.2. The highest BCUT2D eigenvalue weighted by molar-refractivity contribution is 5.82. The summed E-state index contributed by atoms with van der Waals surface area (Å²) in [5.74, 6) is 0.793. The average molecular weight is 616 g/mol. The summed E-state index contributed by atoms with van der Waals surface area (Å²) >= 11 is 0. The van der Waals surface area contributed by atoms with Gasteiger partial charge in [-0.15, -0.1) is 0 Å². The molecule has 0 amide bonds. The first-order valence-electron chi connectivity index (χ1n) is 15.7. The number of allylic oxidation sites excluding steroid dienone is 1. The first-order valence-corrected chi connectivity index (χ1v) is 15.7. The van der Waals surface area contributed by atoms with Gasteiger partial charge >= 0.3 is 5.97 Å². The number of hydrogen-bond donors (Lipinski definition) is 1. The van der Waals surface area contributed by atoms with Gasteiger partial charge in [-0.3, -0.25) is 0 Å². The lowest BCUT2D eigenvalue weighted by molar-refractivity contribution is -0.160. The van der Waals surface area contributed by atoms with Crippen molar-refractivity contribution in [1.82, 2.24) is 14.6 Å². The molecule has 2 aliphatic rings. The van der Waals surface area contributed by atoms with Crippen molar-refractivity contribution >= 4 is 11.6 Å². The lowest BCUT2D eigenvalue weighted by Gasteiger charge is -2.28. The fourth-order valence-electron chi connectivity index (χ4n) is 6.45. The Morgan fingerprint density at radius 2 is 1.78 bits per heavy atom. The fraction of sp³-hybridized carbons (Fsp3) is 0.289. The van der Waals surface area contributed by atoms with Crippen LogP contribution in [-0.4, -0.2) is 44.5 Å². The predicted molar refractivity (Wildman–Crippen MR) is 177 cm³/mol. The Balaban J connectivity index is 1.51. The molecule has 3 aromatic carbocycles. The lowest BCUT2D eigenvalue weighted by Crippen LogP contribution is -2.29. The van der Waals surface area contributed by atoms with Crippen LogP contribution < -0.4 is 9.47 Å². The van der Waals surface area contributed by atoms with E-state index in [0.717, 1.165) is 57.9 Å². The Kier molecular flexibility index (Phi) is 7.61. The third kappa shape index (κ3) is 5.65. The predicted octanol–water partition coefficient (Wildman–Crippen LogP) is 8.18. The molecule has 0 spiro atoms. The summed E-state index contributed by atoms with van der Waals surface area (Å²) in [7, 11) is 0. The quantitative estimate of drug-likeness (QED) is 0.205. The number of carboxylic acid groups (broad SMARTS) is 1. The second-order valence-corrected chi connectivity index (χ2v) is 12.9. The summed E-state index contributed by atoms with van der Waals surface area (Å²) in [6.45, 7) is 8.51. The molecule has 6 bridgehead atoms. The standard InChI is InChI=1S/C38H37N3O5/c1-23-34(36(37(42)43)46-38(2,3)4)35-27-15-16-32-29(21-27)24(17-19-45-32)10-7-8-18-44-31-14-6-5-13-28(31)25-11-9-12-26(20-25)30-22-33(39-23)41(35)40-30/h5-9,11-16,20-22,24,36H,10,17-19H2,1-4H3,(H,42,43)/b8-7-/t24-,36+/m1/s1. The van der Waals surface area contributed by atoms with Crippen LogP contribution in [0.1, 0.15) is 62.5 Å². The lowest BCUT2D eigenvalue weighted by atomic mass is 9.87. The smallest absolute Gasteiger partial charge is 0.337 e. The number of benzene rings is 3. The van der Waals surface area contributed by atoms with E-state index in [2.05, 4.69) is 36.4 Å². The molecular weight excluding hydrogens is 578 g/mol. The van der Waals surface area contributed by atoms with Crippen LogP contribution in [0, 0.1) is 6.92 Å². The molecule has 2 aliphatic heterocycles. The normalized spacial score (nSPS) is 17.3. The summed E-state index contributed by atoms with van der Waals surface area (Å²) in [6.07, 6.45) is 4.68. The van der Waals surface area contributed by atoms with Crippen LogP contribution in [0.4, 0.5) is 0 Å². The summed E-state index contributed by atoms with van der Waals surface area (Å²) in [6, 6.07) is 24.3. The van der Waals surface area contributed by atoms with Crippen molar-refractivity contribution < 1.29 is 24.1 Å². The maximum absolute atomic E-state index is 12.9. The van der Waals surface area contributed by atoms with Crippen molar-refractivity contribution in [3.05, 3.63) is 102 Å². The number of rotatable bonds is 3. The molecular formula is C38H37N3O5. The van der Waals surface area contributed by atoms with Gasteiger partial charge in [-0.2, -0.15) is 5.10 Å². The molecule has 46 heavy (non-hydrogen) atoms. The number of aromatic nitrogens is 3. The SMILES string of the molecule is Cc1nc2cc3nn2c(c1[C@H](OC(C)(C)C)C(=O)O)-c1ccc2c(c1)[C@H](C/C=C\COc1ccccc1-c1cccc-3c1)CCO2. The molecule has 0 unspecified atom stereocenters. The minimum absolute atomic E-state index is 0.224. The molecule has 8 nitrogen and oxygen atoms in total. The fourth-order valence-corrected chi connectivity index (χ4v) is 6.45. The number of aliphatic carboxylic acids is 1. The molecule has 0 aliphatic carbocycles. The number of ether oxygens (including phenoxy) is 3. The van der Waals surface area contributed by atoms with Gasteiger partial charge in [0.15, 0.2) is 11.8 Å². The largest absolute Gasteiger partial charge is 0.493 e. The number of para-hydroxylation sites is 1. The zero-order valence-electron chi connectivity index (χ0n) is 26.5. The third-order valence-corrected chi connectivity index (χ3v) is 8.51. The van der Waals surface area contributed by atoms with E-state index in [4.69, 9.17) is 24.3 Å². The first kappa shape index (κ1) is 29.7. The van der Waals surface area contributed by atoms with Gasteiger partial charge < -0.3 is 19.3 Å². The molecule has 5 aromatic rings. The molecule has 8 heteroatoms. The molecule has 2 aromatic heterocycles. The highest BCUT2D eigenvalue weighted by atomic mass is 16.5. The number of carbonyl (C=O) groups is 1. The van der Waals surface area contributed by atoms with Gasteiger partial charge in [0.1, 0.15) is 18.1 Å². The minimum Gasteiger partial charge on any atom is -0.493 e. The van der Waals surface area contributed by atoms with Crippen molar-refractivity contribution in [2.75, 3.05) is 13.2 Å². The zero-order chi connectivity index (χ0) is 32.0. The van der Waals surface area contributed by atoms with Crippen LogP contribution in [0.2, 0.25) is 0 Å². The second-order valence-electron chi connectivity index (χ2n) is 12.9. The van der Waals surface area contributed by atoms with E-state index >= 15 is 0 Å². The van der Waals surface area contributed by atoms with E-state index in [1.165, 1.54) is 0 Å². The topological polar surface area (TPSA) is 95.2 Å². The van der Waals surface area contributed by atoms with Crippen LogP contribution in [-0.2, 0) is 9.53 Å². The Morgan fingerprint density at radius 1 is 0.957 bits per heavy atom. The van der Waals surface area contributed by atoms with E-state index in [0.29, 0.717) is 35.8 Å². The third-order valence-electron chi connectivity index (χ3n) is 8.51. The molecule has 4 heterocycles. The van der Waals surface area contributed by atoms with Crippen LogP contribution in [0.5, 0.6) is 11.5 Å². The van der Waals surface area contributed by atoms with Crippen LogP contribution in [0.15, 0.2) is 84.9 Å². The van der Waals surface area contributed by atoms with Crippen LogP contribution in [0.3, 0.4) is 0 Å². The van der Waals surface area contributed by atoms with Crippen molar-refractivity contribution in [1.29, 1.82) is 0 Å². The van der Waals surface area contributed by atoms with Gasteiger partial charge in [0, 0.05) is 34.0 Å². The minimum atomic E-state index is -1.26. The monoisotopic (exact) mass is 615 g/mol. The summed E-state index contributed by atoms with van der Waals surface area (Å²) in [5.41, 5.74) is 7.13. The van der Waals surface area contributed by atoms with Crippen molar-refractivity contribution in [3.8, 4) is 45.1 Å². The number of carboxylic acids is 1. The van der Waals surface area contributed by atoms with Crippen LogP contribution >= 0.6 is 0 Å². The van der Waals surface area contributed by atoms with E-state index < -0.39 is 17.7 Å². The van der Waals surface area contributed by atoms with E-state index in [9.17, 15) is 9.90 Å². The van der Waals surface area contributed by atoms with Gasteiger partial charge in [0.05, 0.1) is 23.6 Å². The Morgan fingerprint density at radius 3 is 2.61 bits per heavy atom. The molecule has 1 N–H and O–H groups in total. The number of hydrogen-bond acceptors (Lipinski definition) is 6. The zero-order valence-corrected chi connectivity index (χ0v) is 26.5. The van der Waals surface area contributed by atoms with Crippen molar-refractivity contribution in [2.45, 2.75) is 58.2 Å². The maximum atomic E-state index is 12.9. The number of aryl methyl sites for hydroxylation is 1. The van der Waals surface area contributed by atoms with E-state index in [-0.39, 0.29) is 5.92 Å². The Labute approximate surface area is 268 Å². The van der Waals surface area contributed by atoms with Gasteiger partial charge in [-0.1, -0.05) is 48.6 Å². The molecule has 0 radical (unpaired) electrons. The van der Waals surface area contributed by atoms with Gasteiger partial charge in [-0.25, -0.2) is 14.3 Å². The molecule has 0 fully saturated rings. The Bertz CT molecular complexity index is 1990. The molecule has 2 atom stereocenters. The highest BCUT2D eigenvalue weighted by Gasteiger charge is 2.34. The van der Waals surface area contributed by atoms with Crippen LogP contribution in [0.25, 0.3) is 39.3 Å². The summed E-state index contributed by atoms with van der Waals surface area (Å²) in [4.78, 5) is 17.8. The number of fused-ring (bicyclic) bond motifs is 8. The Hall–Kier alpha value is -4.95. The molecule has 7 rings (SSSR count). The maximum Gasteiger partial charge on any atom is 0.337 e. The highest BCUT2D eigenvalue weighted by Crippen LogP contribution is 2.42. The molecule has 0 saturated heterocycles. The second kappa shape index (κ2) is 11.8. The van der Waals surface area contributed by atoms with Crippen molar-refractivity contribution in [3.63, 3.8) is 0 Å². The van der Waals surface area contributed by atoms with Gasteiger partial charge in [0.25, 0.3) is 0 Å². The molecule has 0 saturated carbocycles. The average Bonchev–Trinajstić information content (AvgIpc) is 3.46. The van der Waals surface area contributed by atoms with Gasteiger partial charge in [0.2, 0.25) is 0 Å². The van der Waals surface area contributed by atoms with Crippen molar-refractivity contribution in [2.24, 2.45) is 0 Å². The summed E-state index contributed by atoms with van der Waals surface area (Å²) < 4.78 is 20.3. The van der Waals surface area contributed by atoms with E-state index in [1.54, 1.807) is 4.52 Å². The number of nitrogens with zero attached hydrogens (tertiary/aromatic N) is 3. The van der Waals surface area contributed by atoms with E-state index in [1.807, 2.05) is 76.2 Å². The molecule has 234 valence electrons. The van der Waals surface area contributed by atoms with Gasteiger partial charge in [-0.05, 0) is 87.9 Å². The summed E-state index contributed by atoms with van der Waals surface area (Å²) in [5, 5.41) is 15.6.